The summed E-state index contributed by atoms with van der Waals surface area (Å²) in [4.78, 5) is 49.5. The van der Waals surface area contributed by atoms with Crippen molar-refractivity contribution in [3.05, 3.63) is 64.9 Å². The quantitative estimate of drug-likeness (QED) is 0.341. The van der Waals surface area contributed by atoms with Gasteiger partial charge in [0.25, 0.3) is 11.5 Å². The number of ether oxygens (including phenoxy) is 2. The van der Waals surface area contributed by atoms with Gasteiger partial charge in [-0.3, -0.25) is 19.1 Å². The van der Waals surface area contributed by atoms with Crippen molar-refractivity contribution in [3.63, 3.8) is 0 Å². The Hall–Kier alpha value is -4.78. The number of carbonyl (C=O) groups excluding carboxylic acids is 2. The summed E-state index contributed by atoms with van der Waals surface area (Å²) in [5.41, 5.74) is -0.412. The van der Waals surface area contributed by atoms with Gasteiger partial charge in [-0.25, -0.2) is 14.8 Å². The first-order valence-electron chi connectivity index (χ1n) is 13.1. The molecule has 0 radical (unpaired) electrons. The highest BCUT2D eigenvalue weighted by atomic mass is 16.6. The van der Waals surface area contributed by atoms with Crippen LogP contribution in [0.3, 0.4) is 0 Å². The maximum absolute atomic E-state index is 13.3. The number of anilines is 3. The molecule has 5 rings (SSSR count). The molecule has 1 aliphatic carbocycles. The standard InChI is InChI=1S/C28H31N7O6/c1-28(2,3)40-27(38)34(4)18-15-20(30-17-9-8-14-35(26(17)37)21-10-6-7-13-29-21)32-23-22(18)33-41-24(23)25(36)31-16-11-12-19(16)39-5/h6-10,13-16,19H,11-12H2,1-5H3,(H,30,32)(H,31,36)/t16-,19-/m1/s1. The maximum Gasteiger partial charge on any atom is 0.414 e. The minimum absolute atomic E-state index is 0.0912. The maximum atomic E-state index is 13.3. The molecule has 41 heavy (non-hydrogen) atoms. The van der Waals surface area contributed by atoms with Crippen LogP contribution >= 0.6 is 0 Å². The molecule has 2 amide bonds. The van der Waals surface area contributed by atoms with E-state index in [1.165, 1.54) is 22.6 Å². The Labute approximate surface area is 235 Å². The van der Waals surface area contributed by atoms with Gasteiger partial charge in [0.15, 0.2) is 5.52 Å². The van der Waals surface area contributed by atoms with Crippen molar-refractivity contribution in [2.75, 3.05) is 24.4 Å². The number of methoxy groups -OCH3 is 1. The van der Waals surface area contributed by atoms with Gasteiger partial charge in [0, 0.05) is 32.6 Å². The lowest BCUT2D eigenvalue weighted by Crippen LogP contribution is -2.51. The molecule has 0 saturated heterocycles. The molecule has 4 aromatic rings. The molecule has 2 N–H and O–H groups in total. The smallest absolute Gasteiger partial charge is 0.414 e. The Kier molecular flexibility index (Phi) is 7.45. The monoisotopic (exact) mass is 561 g/mol. The first-order chi connectivity index (χ1) is 19.6. The Balaban J connectivity index is 1.56. The second-order valence-corrected chi connectivity index (χ2v) is 10.6. The third-order valence-corrected chi connectivity index (χ3v) is 6.59. The van der Waals surface area contributed by atoms with Crippen LogP contribution < -0.4 is 21.1 Å². The van der Waals surface area contributed by atoms with Gasteiger partial charge in [0.05, 0.1) is 17.8 Å². The molecule has 1 fully saturated rings. The number of hydrogen-bond donors (Lipinski definition) is 2. The highest BCUT2D eigenvalue weighted by Crippen LogP contribution is 2.32. The largest absolute Gasteiger partial charge is 0.443 e. The van der Waals surface area contributed by atoms with Crippen LogP contribution in [-0.2, 0) is 9.47 Å². The fourth-order valence-electron chi connectivity index (χ4n) is 4.36. The zero-order chi connectivity index (χ0) is 29.3. The third kappa shape index (κ3) is 5.75. The molecular formula is C28H31N7O6. The summed E-state index contributed by atoms with van der Waals surface area (Å²) in [5, 5.41) is 9.98. The summed E-state index contributed by atoms with van der Waals surface area (Å²) >= 11 is 0. The second-order valence-electron chi connectivity index (χ2n) is 10.6. The van der Waals surface area contributed by atoms with Gasteiger partial charge in [-0.1, -0.05) is 11.2 Å². The molecule has 0 bridgehead atoms. The van der Waals surface area contributed by atoms with Crippen LogP contribution in [0, 0.1) is 0 Å². The van der Waals surface area contributed by atoms with Gasteiger partial charge in [-0.15, -0.1) is 0 Å². The normalized spacial score (nSPS) is 16.6. The first kappa shape index (κ1) is 27.8. The predicted molar refractivity (Wildman–Crippen MR) is 151 cm³/mol. The lowest BCUT2D eigenvalue weighted by atomic mass is 9.89. The fraction of sp³-hybridized carbons (Fsp3) is 0.357. The van der Waals surface area contributed by atoms with Crippen molar-refractivity contribution in [3.8, 4) is 5.82 Å². The van der Waals surface area contributed by atoms with E-state index in [2.05, 4.69) is 25.8 Å². The van der Waals surface area contributed by atoms with E-state index in [9.17, 15) is 14.4 Å². The average molecular weight is 562 g/mol. The number of aromatic nitrogens is 4. The minimum atomic E-state index is -0.755. The number of amides is 2. The SMILES string of the molecule is CO[C@@H]1CC[C@H]1NC(=O)c1onc2c(N(C)C(=O)OC(C)(C)C)cc(Nc3cccn(-c4ccccn4)c3=O)nc12. The van der Waals surface area contributed by atoms with E-state index in [0.717, 1.165) is 12.8 Å². The number of hydrogen-bond acceptors (Lipinski definition) is 10. The van der Waals surface area contributed by atoms with Gasteiger partial charge in [-0.2, -0.15) is 0 Å². The van der Waals surface area contributed by atoms with Gasteiger partial charge >= 0.3 is 6.09 Å². The van der Waals surface area contributed by atoms with Gasteiger partial charge in [0.2, 0.25) is 5.76 Å². The van der Waals surface area contributed by atoms with Crippen molar-refractivity contribution in [1.82, 2.24) is 25.0 Å². The zero-order valence-electron chi connectivity index (χ0n) is 23.4. The van der Waals surface area contributed by atoms with Crippen molar-refractivity contribution in [1.29, 1.82) is 0 Å². The predicted octanol–water partition coefficient (Wildman–Crippen LogP) is 3.79. The summed E-state index contributed by atoms with van der Waals surface area (Å²) < 4.78 is 17.7. The third-order valence-electron chi connectivity index (χ3n) is 6.59. The van der Waals surface area contributed by atoms with E-state index in [1.54, 1.807) is 70.6 Å². The molecular weight excluding hydrogens is 530 g/mol. The van der Waals surface area contributed by atoms with E-state index in [0.29, 0.717) is 5.82 Å². The lowest BCUT2D eigenvalue weighted by Gasteiger charge is -2.35. The lowest BCUT2D eigenvalue weighted by molar-refractivity contribution is 0.00677. The summed E-state index contributed by atoms with van der Waals surface area (Å²) in [5.74, 6) is -0.0390. The molecule has 1 aliphatic rings. The molecule has 4 heterocycles. The molecule has 13 heteroatoms. The van der Waals surface area contributed by atoms with Crippen molar-refractivity contribution in [2.45, 2.75) is 51.4 Å². The van der Waals surface area contributed by atoms with Crippen molar-refractivity contribution >= 4 is 40.2 Å². The summed E-state index contributed by atoms with van der Waals surface area (Å²) in [6.07, 6.45) is 4.05. The minimum Gasteiger partial charge on any atom is -0.443 e. The van der Waals surface area contributed by atoms with Crippen LogP contribution in [0.5, 0.6) is 0 Å². The van der Waals surface area contributed by atoms with Crippen LogP contribution in [0.25, 0.3) is 16.9 Å². The number of fused-ring (bicyclic) bond motifs is 1. The van der Waals surface area contributed by atoms with Crippen LogP contribution in [0.1, 0.15) is 44.2 Å². The van der Waals surface area contributed by atoms with Crippen LogP contribution in [0.15, 0.2) is 58.1 Å². The number of nitrogens with one attached hydrogen (secondary N) is 2. The summed E-state index contributed by atoms with van der Waals surface area (Å²) in [6.45, 7) is 5.26. The molecule has 4 aromatic heterocycles. The molecule has 0 aromatic carbocycles. The Morgan fingerprint density at radius 3 is 2.61 bits per heavy atom. The van der Waals surface area contributed by atoms with Gasteiger partial charge in [-0.05, 0) is 57.9 Å². The zero-order valence-corrected chi connectivity index (χ0v) is 23.4. The highest BCUT2D eigenvalue weighted by Gasteiger charge is 2.34. The molecule has 0 spiro atoms. The van der Waals surface area contributed by atoms with Crippen LogP contribution in [-0.4, -0.2) is 63.6 Å². The Morgan fingerprint density at radius 2 is 1.95 bits per heavy atom. The molecule has 0 aliphatic heterocycles. The molecule has 2 atom stereocenters. The Bertz CT molecular complexity index is 1640. The van der Waals surface area contributed by atoms with E-state index in [-0.39, 0.29) is 51.7 Å². The fourth-order valence-corrected chi connectivity index (χ4v) is 4.36. The molecule has 13 nitrogen and oxygen atoms in total. The van der Waals surface area contributed by atoms with E-state index < -0.39 is 17.6 Å². The van der Waals surface area contributed by atoms with Crippen molar-refractivity contribution in [2.24, 2.45) is 0 Å². The van der Waals surface area contributed by atoms with Gasteiger partial charge < -0.3 is 24.6 Å². The van der Waals surface area contributed by atoms with Gasteiger partial charge in [0.1, 0.15) is 28.4 Å². The first-order valence-corrected chi connectivity index (χ1v) is 13.1. The average Bonchev–Trinajstić information content (AvgIpc) is 3.35. The second kappa shape index (κ2) is 11.0. The van der Waals surface area contributed by atoms with Crippen molar-refractivity contribution < 1.29 is 23.6 Å². The highest BCUT2D eigenvalue weighted by molar-refractivity contribution is 6.07. The number of pyridine rings is 3. The summed E-state index contributed by atoms with van der Waals surface area (Å²) in [6, 6.07) is 9.88. The molecule has 1 saturated carbocycles. The van der Waals surface area contributed by atoms with Crippen LogP contribution in [0.4, 0.5) is 22.0 Å². The van der Waals surface area contributed by atoms with E-state index >= 15 is 0 Å². The summed E-state index contributed by atoms with van der Waals surface area (Å²) in [7, 11) is 3.10. The molecule has 0 unspecified atom stereocenters. The number of carbonyl (C=O) groups is 2. The van der Waals surface area contributed by atoms with E-state index in [4.69, 9.17) is 14.0 Å². The Morgan fingerprint density at radius 1 is 1.15 bits per heavy atom. The molecule has 214 valence electrons. The number of nitrogens with zero attached hydrogens (tertiary/aromatic N) is 5. The topological polar surface area (TPSA) is 154 Å². The number of rotatable bonds is 7. The van der Waals surface area contributed by atoms with E-state index in [1.807, 2.05) is 0 Å². The van der Waals surface area contributed by atoms with Crippen LogP contribution in [0.2, 0.25) is 0 Å².